The first-order valence-corrected chi connectivity index (χ1v) is 18.9. The monoisotopic (exact) mass is 712 g/mol. The summed E-state index contributed by atoms with van der Waals surface area (Å²) in [4.78, 5) is 43.4. The highest BCUT2D eigenvalue weighted by molar-refractivity contribution is 6.05. The Morgan fingerprint density at radius 3 is 2.23 bits per heavy atom. The number of aromatic hydroxyl groups is 1. The molecule has 3 heterocycles. The van der Waals surface area contributed by atoms with E-state index < -0.39 is 11.9 Å². The van der Waals surface area contributed by atoms with Gasteiger partial charge in [-0.3, -0.25) is 24.6 Å². The Balaban J connectivity index is 0.860. The first-order valence-electron chi connectivity index (χ1n) is 18.9. The number of carbonyl (C=O) groups excluding carboxylic acids is 3. The number of phenols is 1. The Labute approximate surface area is 311 Å². The van der Waals surface area contributed by atoms with E-state index in [1.807, 2.05) is 30.3 Å². The van der Waals surface area contributed by atoms with Crippen molar-refractivity contribution in [1.29, 1.82) is 0 Å². The number of imide groups is 1. The van der Waals surface area contributed by atoms with Crippen molar-refractivity contribution in [3.63, 3.8) is 0 Å². The van der Waals surface area contributed by atoms with Gasteiger partial charge in [-0.15, -0.1) is 0 Å². The normalized spacial score (nSPS) is 18.1. The number of piperazine rings is 1. The molecule has 0 spiro atoms. The molecule has 1 unspecified atom stereocenters. The molecule has 3 aliphatic rings. The van der Waals surface area contributed by atoms with E-state index in [-0.39, 0.29) is 24.0 Å². The van der Waals surface area contributed by atoms with Crippen molar-refractivity contribution in [3.8, 4) is 11.5 Å². The first kappa shape index (κ1) is 36.0. The van der Waals surface area contributed by atoms with Crippen LogP contribution in [0.25, 0.3) is 11.1 Å². The molecule has 0 radical (unpaired) electrons. The van der Waals surface area contributed by atoms with Crippen LogP contribution in [0.2, 0.25) is 0 Å². The SMILES string of the molecule is CCC(=C(c1ccc(O)cc1)c1ccc(N2CCN(CCCCCOc3ccc4c(c3)CN(C3CCC(=O)NC3=O)C4=O)CC2)cc1)c1ccccc1. The van der Waals surface area contributed by atoms with E-state index in [0.29, 0.717) is 25.1 Å². The number of nitrogens with zero attached hydrogens (tertiary/aromatic N) is 3. The highest BCUT2D eigenvalue weighted by Gasteiger charge is 2.39. The molecular weight excluding hydrogens is 665 g/mol. The van der Waals surface area contributed by atoms with Crippen molar-refractivity contribution in [2.75, 3.05) is 44.2 Å². The van der Waals surface area contributed by atoms with Crippen LogP contribution in [0.3, 0.4) is 0 Å². The van der Waals surface area contributed by atoms with Gasteiger partial charge in [-0.25, -0.2) is 0 Å². The lowest BCUT2D eigenvalue weighted by molar-refractivity contribution is -0.136. The molecule has 0 aromatic heterocycles. The molecule has 0 saturated carbocycles. The van der Waals surface area contributed by atoms with Gasteiger partial charge in [-0.1, -0.05) is 61.5 Å². The summed E-state index contributed by atoms with van der Waals surface area (Å²) >= 11 is 0. The van der Waals surface area contributed by atoms with Crippen LogP contribution in [-0.4, -0.2) is 78.0 Å². The van der Waals surface area contributed by atoms with Gasteiger partial charge >= 0.3 is 0 Å². The van der Waals surface area contributed by atoms with Crippen molar-refractivity contribution < 1.29 is 24.2 Å². The van der Waals surface area contributed by atoms with Gasteiger partial charge in [-0.05, 0) is 115 Å². The van der Waals surface area contributed by atoms with Crippen LogP contribution in [0.1, 0.15) is 78.1 Å². The molecule has 9 heteroatoms. The lowest BCUT2D eigenvalue weighted by Crippen LogP contribution is -2.52. The molecule has 9 nitrogen and oxygen atoms in total. The number of fused-ring (bicyclic) bond motifs is 1. The lowest BCUT2D eigenvalue weighted by atomic mass is 9.88. The number of hydrogen-bond acceptors (Lipinski definition) is 7. The number of unbranched alkanes of at least 4 members (excludes halogenated alkanes) is 2. The van der Waals surface area contributed by atoms with E-state index in [9.17, 15) is 19.5 Å². The minimum absolute atomic E-state index is 0.169. The molecule has 2 fully saturated rings. The maximum atomic E-state index is 13.0. The van der Waals surface area contributed by atoms with Crippen molar-refractivity contribution in [2.45, 2.75) is 58.0 Å². The number of allylic oxidation sites excluding steroid dienone is 1. The van der Waals surface area contributed by atoms with Crippen LogP contribution in [0.15, 0.2) is 97.1 Å². The van der Waals surface area contributed by atoms with Crippen LogP contribution in [0, 0.1) is 0 Å². The number of ether oxygens (including phenoxy) is 1. The van der Waals surface area contributed by atoms with E-state index in [0.717, 1.165) is 75.3 Å². The Morgan fingerprint density at radius 2 is 1.53 bits per heavy atom. The molecule has 2 saturated heterocycles. The Bertz CT molecular complexity index is 1950. The molecule has 7 rings (SSSR count). The molecule has 1 atom stereocenters. The van der Waals surface area contributed by atoms with Crippen molar-refractivity contribution in [3.05, 3.63) is 125 Å². The van der Waals surface area contributed by atoms with Gasteiger partial charge in [0.15, 0.2) is 0 Å². The second kappa shape index (κ2) is 16.5. The third kappa shape index (κ3) is 8.31. The van der Waals surface area contributed by atoms with Gasteiger partial charge in [0.25, 0.3) is 5.91 Å². The molecule has 2 N–H and O–H groups in total. The molecular formula is C44H48N4O5. The number of nitrogens with one attached hydrogen (secondary N) is 1. The minimum Gasteiger partial charge on any atom is -0.508 e. The molecule has 274 valence electrons. The summed E-state index contributed by atoms with van der Waals surface area (Å²) in [6, 6.07) is 32.0. The summed E-state index contributed by atoms with van der Waals surface area (Å²) in [5, 5.41) is 12.3. The number of rotatable bonds is 13. The summed E-state index contributed by atoms with van der Waals surface area (Å²) in [5.74, 6) is 0.154. The van der Waals surface area contributed by atoms with Crippen molar-refractivity contribution in [2.24, 2.45) is 0 Å². The maximum absolute atomic E-state index is 13.0. The fourth-order valence-electron chi connectivity index (χ4n) is 7.82. The van der Waals surface area contributed by atoms with Gasteiger partial charge in [0.1, 0.15) is 17.5 Å². The summed E-state index contributed by atoms with van der Waals surface area (Å²) in [6.07, 6.45) is 4.64. The van der Waals surface area contributed by atoms with Crippen LogP contribution < -0.4 is 15.0 Å². The van der Waals surface area contributed by atoms with Gasteiger partial charge in [0, 0.05) is 50.4 Å². The largest absolute Gasteiger partial charge is 0.508 e. The van der Waals surface area contributed by atoms with E-state index in [1.165, 1.54) is 28.0 Å². The number of anilines is 1. The number of amides is 3. The summed E-state index contributed by atoms with van der Waals surface area (Å²) < 4.78 is 6.05. The van der Waals surface area contributed by atoms with Crippen LogP contribution in [-0.2, 0) is 16.1 Å². The number of phenolic OH excluding ortho intramolecular Hbond substituents is 1. The van der Waals surface area contributed by atoms with Crippen molar-refractivity contribution >= 4 is 34.6 Å². The molecule has 3 aliphatic heterocycles. The third-order valence-electron chi connectivity index (χ3n) is 10.7. The van der Waals surface area contributed by atoms with Crippen LogP contribution >= 0.6 is 0 Å². The van der Waals surface area contributed by atoms with Crippen LogP contribution in [0.4, 0.5) is 5.69 Å². The summed E-state index contributed by atoms with van der Waals surface area (Å²) in [6.45, 7) is 8.30. The zero-order valence-electron chi connectivity index (χ0n) is 30.4. The topological polar surface area (TPSA) is 102 Å². The highest BCUT2D eigenvalue weighted by atomic mass is 16.5. The fraction of sp³-hybridized carbons (Fsp3) is 0.341. The number of benzene rings is 4. The fourth-order valence-corrected chi connectivity index (χ4v) is 7.82. The predicted molar refractivity (Wildman–Crippen MR) is 208 cm³/mol. The first-order chi connectivity index (χ1) is 25.9. The van der Waals surface area contributed by atoms with E-state index in [1.54, 1.807) is 23.1 Å². The van der Waals surface area contributed by atoms with Gasteiger partial charge in [-0.2, -0.15) is 0 Å². The third-order valence-corrected chi connectivity index (χ3v) is 10.7. The number of carbonyl (C=O) groups is 3. The standard InChI is InChI=1S/C44H48N4O5/c1-2-38(31-9-5-3-6-10-31)42(33-13-17-36(49)18-14-33)32-11-15-35(16-12-32)47-26-24-46(25-27-47)23-7-4-8-28-53-37-19-20-39-34(29-37)30-48(44(39)52)40-21-22-41(50)45-43(40)51/h3,5-6,9-20,29,40,49H,2,4,7-8,21-28,30H2,1H3,(H,45,50,51). The Morgan fingerprint density at radius 1 is 0.811 bits per heavy atom. The highest BCUT2D eigenvalue weighted by Crippen LogP contribution is 2.36. The van der Waals surface area contributed by atoms with E-state index >= 15 is 0 Å². The predicted octanol–water partition coefficient (Wildman–Crippen LogP) is 6.89. The average Bonchev–Trinajstić information content (AvgIpc) is 3.51. The van der Waals surface area contributed by atoms with Crippen LogP contribution in [0.5, 0.6) is 11.5 Å². The van der Waals surface area contributed by atoms with Gasteiger partial charge < -0.3 is 19.6 Å². The second-order valence-corrected chi connectivity index (χ2v) is 14.1. The molecule has 0 bridgehead atoms. The number of hydrogen-bond donors (Lipinski definition) is 2. The maximum Gasteiger partial charge on any atom is 0.255 e. The minimum atomic E-state index is -0.611. The average molecular weight is 713 g/mol. The lowest BCUT2D eigenvalue weighted by Gasteiger charge is -2.36. The molecule has 53 heavy (non-hydrogen) atoms. The van der Waals surface area contributed by atoms with Crippen molar-refractivity contribution in [1.82, 2.24) is 15.1 Å². The zero-order chi connectivity index (χ0) is 36.7. The quantitative estimate of drug-likeness (QED) is 0.0885. The van der Waals surface area contributed by atoms with Gasteiger partial charge in [0.2, 0.25) is 11.8 Å². The second-order valence-electron chi connectivity index (χ2n) is 14.1. The summed E-state index contributed by atoms with van der Waals surface area (Å²) in [5.41, 5.74) is 8.66. The molecule has 3 amide bonds. The van der Waals surface area contributed by atoms with Gasteiger partial charge in [0.05, 0.1) is 6.61 Å². The zero-order valence-corrected chi connectivity index (χ0v) is 30.4. The molecule has 4 aromatic carbocycles. The summed E-state index contributed by atoms with van der Waals surface area (Å²) in [7, 11) is 0. The Kier molecular flexibility index (Phi) is 11.2. The van der Waals surface area contributed by atoms with E-state index in [4.69, 9.17) is 4.74 Å². The number of piperidine rings is 1. The Hall–Kier alpha value is -5.41. The van der Waals surface area contributed by atoms with E-state index in [2.05, 4.69) is 70.6 Å². The molecule has 0 aliphatic carbocycles. The smallest absolute Gasteiger partial charge is 0.255 e. The molecule has 4 aromatic rings.